The molecule has 2 bridgehead atoms. The third-order valence-electron chi connectivity index (χ3n) is 11.4. The molecule has 14 heteroatoms. The van der Waals surface area contributed by atoms with Crippen LogP contribution in [0, 0.1) is 23.1 Å². The number of piperazine rings is 1. The Bertz CT molecular complexity index is 2220. The molecular weight excluding hydrogens is 789 g/mol. The minimum atomic E-state index is -2.13. The van der Waals surface area contributed by atoms with Crippen molar-refractivity contribution in [2.75, 3.05) is 38.1 Å². The summed E-state index contributed by atoms with van der Waals surface area (Å²) in [6, 6.07) is 9.37. The Kier molecular flexibility index (Phi) is 14.3. The fraction of sp³-hybridized carbons (Fsp3) is 0.556. The van der Waals surface area contributed by atoms with Gasteiger partial charge in [0, 0.05) is 43.6 Å². The molecule has 0 saturated carbocycles. The van der Waals surface area contributed by atoms with Gasteiger partial charge in [0.05, 0.1) is 33.8 Å². The summed E-state index contributed by atoms with van der Waals surface area (Å²) in [7, 11) is -2.28. The van der Waals surface area contributed by atoms with Gasteiger partial charge in [-0.25, -0.2) is 23.5 Å². The number of ether oxygens (including phenoxy) is 3. The monoisotopic (exact) mass is 847 g/mol. The highest BCUT2D eigenvalue weighted by Crippen LogP contribution is 2.41. The van der Waals surface area contributed by atoms with Crippen LogP contribution in [0.5, 0.6) is 5.75 Å². The van der Waals surface area contributed by atoms with E-state index >= 15 is 8.78 Å². The first-order valence-corrected chi connectivity index (χ1v) is 25.3. The van der Waals surface area contributed by atoms with Crippen molar-refractivity contribution in [2.45, 2.75) is 134 Å². The van der Waals surface area contributed by atoms with Crippen LogP contribution in [0.4, 0.5) is 19.4 Å². The van der Waals surface area contributed by atoms with Crippen molar-refractivity contribution in [2.24, 2.45) is 0 Å². The fourth-order valence-electron chi connectivity index (χ4n) is 8.50. The number of halogens is 2. The summed E-state index contributed by atoms with van der Waals surface area (Å²) < 4.78 is 63.6. The molecule has 6 rings (SSSR count). The van der Waals surface area contributed by atoms with Gasteiger partial charge in [0.25, 0.3) is 0 Å². The number of benzene rings is 2. The van der Waals surface area contributed by atoms with Crippen molar-refractivity contribution < 1.29 is 32.0 Å². The van der Waals surface area contributed by atoms with Crippen LogP contribution >= 0.6 is 0 Å². The summed E-state index contributed by atoms with van der Waals surface area (Å²) in [6.07, 6.45) is 10.7. The number of unbranched alkanes of at least 4 members (excludes halogenated alkanes) is 3. The van der Waals surface area contributed by atoms with E-state index in [1.54, 1.807) is 18.2 Å². The van der Waals surface area contributed by atoms with E-state index in [0.29, 0.717) is 46.4 Å². The van der Waals surface area contributed by atoms with Gasteiger partial charge in [0.1, 0.15) is 42.3 Å². The zero-order valence-electron chi connectivity index (χ0n) is 35.9. The Balaban J connectivity index is 1.52. The Hall–Kier alpha value is -4.19. The van der Waals surface area contributed by atoms with Crippen LogP contribution in [0.25, 0.3) is 32.9 Å². The third kappa shape index (κ3) is 9.90. The average molecular weight is 848 g/mol. The minimum absolute atomic E-state index is 0.0300. The van der Waals surface area contributed by atoms with Crippen molar-refractivity contribution in [1.29, 1.82) is 0 Å². The summed E-state index contributed by atoms with van der Waals surface area (Å²) in [5.74, 6) is 2.90. The highest BCUT2D eigenvalue weighted by atomic mass is 32.2. The Morgan fingerprint density at radius 2 is 1.63 bits per heavy atom. The number of fused-ring (bicyclic) bond motifs is 4. The van der Waals surface area contributed by atoms with Gasteiger partial charge in [0.15, 0.2) is 12.6 Å². The van der Waals surface area contributed by atoms with E-state index in [1.165, 1.54) is 25.6 Å². The predicted molar refractivity (Wildman–Crippen MR) is 234 cm³/mol. The van der Waals surface area contributed by atoms with Gasteiger partial charge in [0.2, 0.25) is 5.16 Å². The van der Waals surface area contributed by atoms with Crippen LogP contribution in [0.1, 0.15) is 98.5 Å². The van der Waals surface area contributed by atoms with E-state index < -0.39 is 36.1 Å². The molecule has 3 atom stereocenters. The van der Waals surface area contributed by atoms with Crippen molar-refractivity contribution in [3.63, 3.8) is 0 Å². The highest BCUT2D eigenvalue weighted by molar-refractivity contribution is 7.84. The standard InChI is InChI=1S/C45H59F2N5O5SSi/c1-9-12-20-59(21-13-10-2,22-14-11-3)23-19-34-37(46)18-15-30-24-33(56-29-55-7)25-35(38(30)34)40-39(47)41-36(26-48-40)42(50-43(49-41)58(8)54)51-27-31-16-17-32(28-51)52(31)44(53)57-45(4,5)6/h15,18,24-26,31-32H,9-14,16-17,20-22,27-29H2,1-8H3/t31-,32+,58?. The SMILES string of the molecule is CCCC[Si](C#Cc1c(F)ccc2cc(OCOC)cc(-c3ncc4c(N5C[C@H]6CC[C@@H](C5)N6C(=O)OC(C)(C)C)nc(S(C)=O)nc4c3F)c12)(CCCC)CCCC. The second-order valence-electron chi connectivity index (χ2n) is 17.0. The summed E-state index contributed by atoms with van der Waals surface area (Å²) in [5, 5.41) is 1.35. The van der Waals surface area contributed by atoms with E-state index in [9.17, 15) is 9.00 Å². The van der Waals surface area contributed by atoms with Crippen molar-refractivity contribution in [3.05, 3.63) is 47.7 Å². The van der Waals surface area contributed by atoms with Gasteiger partial charge in [-0.3, -0.25) is 14.1 Å². The lowest BCUT2D eigenvalue weighted by atomic mass is 9.95. The molecule has 2 saturated heterocycles. The largest absolute Gasteiger partial charge is 0.468 e. The van der Waals surface area contributed by atoms with E-state index in [1.807, 2.05) is 30.6 Å². The van der Waals surface area contributed by atoms with Gasteiger partial charge in [-0.15, -0.1) is 5.54 Å². The number of pyridine rings is 1. The molecule has 4 heterocycles. The molecule has 0 N–H and O–H groups in total. The van der Waals surface area contributed by atoms with Gasteiger partial charge < -0.3 is 19.1 Å². The number of carbonyl (C=O) groups excluding carboxylic acids is 1. The Labute approximate surface area is 351 Å². The number of nitrogens with zero attached hydrogens (tertiary/aromatic N) is 5. The number of anilines is 1. The number of amides is 1. The zero-order valence-corrected chi connectivity index (χ0v) is 37.7. The molecule has 1 unspecified atom stereocenters. The van der Waals surface area contributed by atoms with Crippen LogP contribution in [-0.4, -0.2) is 89.2 Å². The maximum atomic E-state index is 17.4. The van der Waals surface area contributed by atoms with Gasteiger partial charge >= 0.3 is 6.09 Å². The van der Waals surface area contributed by atoms with Crippen LogP contribution in [-0.2, 0) is 20.3 Å². The first-order valence-electron chi connectivity index (χ1n) is 21.1. The van der Waals surface area contributed by atoms with E-state index in [4.69, 9.17) is 24.2 Å². The molecule has 2 aliphatic rings. The third-order valence-corrected chi connectivity index (χ3v) is 16.7. The molecule has 10 nitrogen and oxygen atoms in total. The summed E-state index contributed by atoms with van der Waals surface area (Å²) in [4.78, 5) is 31.0. The number of hydrogen-bond acceptors (Lipinski definition) is 9. The first kappa shape index (κ1) is 44.4. The minimum Gasteiger partial charge on any atom is -0.468 e. The number of rotatable bonds is 15. The van der Waals surface area contributed by atoms with Crippen molar-refractivity contribution in [3.8, 4) is 28.5 Å². The Morgan fingerprint density at radius 1 is 0.983 bits per heavy atom. The number of carbonyl (C=O) groups is 1. The normalized spacial score (nSPS) is 17.3. The molecule has 2 aliphatic heterocycles. The fourth-order valence-corrected chi connectivity index (χ4v) is 13.5. The molecule has 2 aromatic heterocycles. The lowest BCUT2D eigenvalue weighted by Crippen LogP contribution is -2.57. The van der Waals surface area contributed by atoms with Crippen molar-refractivity contribution >= 4 is 52.5 Å². The summed E-state index contributed by atoms with van der Waals surface area (Å²) in [5.41, 5.74) is 3.48. The topological polar surface area (TPSA) is 107 Å². The summed E-state index contributed by atoms with van der Waals surface area (Å²) >= 11 is 0. The van der Waals surface area contributed by atoms with Crippen LogP contribution in [0.3, 0.4) is 0 Å². The molecule has 0 spiro atoms. The summed E-state index contributed by atoms with van der Waals surface area (Å²) in [6.45, 7) is 12.9. The average Bonchev–Trinajstić information content (AvgIpc) is 3.48. The molecular formula is C45H59F2N5O5SSi. The number of methoxy groups -OCH3 is 1. The second-order valence-corrected chi connectivity index (χ2v) is 22.6. The van der Waals surface area contributed by atoms with Crippen LogP contribution in [0.15, 0.2) is 35.6 Å². The number of aromatic nitrogens is 3. The maximum Gasteiger partial charge on any atom is 0.410 e. The second kappa shape index (κ2) is 19.0. The van der Waals surface area contributed by atoms with E-state index in [0.717, 1.165) is 69.5 Å². The van der Waals surface area contributed by atoms with E-state index in [2.05, 4.69) is 37.2 Å². The zero-order chi connectivity index (χ0) is 42.5. The molecule has 0 aliphatic carbocycles. The predicted octanol–water partition coefficient (Wildman–Crippen LogP) is 10.2. The van der Waals surface area contributed by atoms with Crippen molar-refractivity contribution in [1.82, 2.24) is 19.9 Å². The Morgan fingerprint density at radius 3 is 2.20 bits per heavy atom. The number of hydrogen-bond donors (Lipinski definition) is 0. The van der Waals surface area contributed by atoms with Crippen LogP contribution in [0.2, 0.25) is 18.1 Å². The molecule has 2 aromatic carbocycles. The molecule has 1 amide bonds. The smallest absolute Gasteiger partial charge is 0.410 e. The molecule has 0 radical (unpaired) electrons. The molecule has 2 fully saturated rings. The lowest BCUT2D eigenvalue weighted by Gasteiger charge is -2.42. The van der Waals surface area contributed by atoms with Gasteiger partial charge in [-0.05, 0) is 75.3 Å². The van der Waals surface area contributed by atoms with E-state index in [-0.39, 0.29) is 46.9 Å². The van der Waals surface area contributed by atoms with Gasteiger partial charge in [-0.2, -0.15) is 0 Å². The van der Waals surface area contributed by atoms with Gasteiger partial charge in [-0.1, -0.05) is 71.3 Å². The highest BCUT2D eigenvalue weighted by Gasteiger charge is 2.45. The lowest BCUT2D eigenvalue weighted by molar-refractivity contribution is 0.0122. The molecule has 318 valence electrons. The first-order chi connectivity index (χ1) is 28.2. The maximum absolute atomic E-state index is 17.4. The molecule has 4 aromatic rings. The van der Waals surface area contributed by atoms with Crippen LogP contribution < -0.4 is 9.64 Å². The quantitative estimate of drug-likeness (QED) is 0.0500. The molecule has 59 heavy (non-hydrogen) atoms.